The molecule has 1 aromatic carbocycles. The third kappa shape index (κ3) is 3.55. The molecule has 1 atom stereocenters. The van der Waals surface area contributed by atoms with Gasteiger partial charge < -0.3 is 9.64 Å². The summed E-state index contributed by atoms with van der Waals surface area (Å²) in [6, 6.07) is 5.87. The van der Waals surface area contributed by atoms with E-state index >= 15 is 0 Å². The molecule has 0 N–H and O–H groups in total. The van der Waals surface area contributed by atoms with Crippen molar-refractivity contribution in [2.24, 2.45) is 0 Å². The Morgan fingerprint density at radius 2 is 2.20 bits per heavy atom. The summed E-state index contributed by atoms with van der Waals surface area (Å²) >= 11 is 7.19. The molecule has 1 aliphatic heterocycles. The Kier molecular flexibility index (Phi) is 5.08. The lowest BCUT2D eigenvalue weighted by molar-refractivity contribution is -0.384. The molecule has 6 nitrogen and oxygen atoms in total. The Bertz CT molecular complexity index is 497. The fraction of sp³-hybridized carbons (Fsp3) is 0.417. The van der Waals surface area contributed by atoms with Crippen molar-refractivity contribution in [1.29, 1.82) is 0 Å². The lowest BCUT2D eigenvalue weighted by Gasteiger charge is -2.22. The molecule has 1 aromatic rings. The number of carbonyl (C=O) groups excluding carboxylic acids is 1. The summed E-state index contributed by atoms with van der Waals surface area (Å²) in [5.74, 6) is 1.27. The summed E-state index contributed by atoms with van der Waals surface area (Å²) in [6.45, 7) is 1.01. The number of non-ortho nitro benzene ring substituents is 1. The molecule has 1 fully saturated rings. The largest absolute Gasteiger partial charge is 0.491 e. The first-order valence-electron chi connectivity index (χ1n) is 5.96. The highest BCUT2D eigenvalue weighted by Gasteiger charge is 2.29. The number of halogens is 1. The van der Waals surface area contributed by atoms with Crippen LogP contribution in [0.3, 0.4) is 0 Å². The summed E-state index contributed by atoms with van der Waals surface area (Å²) in [5.41, 5.74) is 0.0199. The van der Waals surface area contributed by atoms with E-state index in [1.165, 1.54) is 12.1 Å². The van der Waals surface area contributed by atoms with Crippen molar-refractivity contribution in [3.63, 3.8) is 0 Å². The van der Waals surface area contributed by atoms with Crippen LogP contribution in [0.5, 0.6) is 5.75 Å². The van der Waals surface area contributed by atoms with E-state index in [9.17, 15) is 14.9 Å². The van der Waals surface area contributed by atoms with Crippen LogP contribution in [0.15, 0.2) is 24.3 Å². The van der Waals surface area contributed by atoms with Gasteiger partial charge in [-0.25, -0.2) is 0 Å². The van der Waals surface area contributed by atoms with Gasteiger partial charge in [0, 0.05) is 24.4 Å². The molecule has 8 heteroatoms. The minimum atomic E-state index is -0.461. The molecule has 1 amide bonds. The highest BCUT2D eigenvalue weighted by Crippen LogP contribution is 2.25. The van der Waals surface area contributed by atoms with E-state index in [-0.39, 0.29) is 22.8 Å². The summed E-state index contributed by atoms with van der Waals surface area (Å²) in [5, 5.41) is 10.5. The Balaban J connectivity index is 1.91. The number of benzene rings is 1. The Morgan fingerprint density at radius 1 is 1.50 bits per heavy atom. The van der Waals surface area contributed by atoms with E-state index in [2.05, 4.69) is 0 Å². The monoisotopic (exact) mass is 316 g/mol. The molecule has 0 bridgehead atoms. The van der Waals surface area contributed by atoms with Crippen LogP contribution in [-0.2, 0) is 4.79 Å². The number of thioether (sulfide) groups is 1. The number of amides is 1. The highest BCUT2D eigenvalue weighted by atomic mass is 35.5. The van der Waals surface area contributed by atoms with Gasteiger partial charge in [-0.1, -0.05) is 0 Å². The number of carbonyl (C=O) groups is 1. The van der Waals surface area contributed by atoms with Gasteiger partial charge in [0.05, 0.1) is 4.92 Å². The molecule has 0 aliphatic carbocycles. The van der Waals surface area contributed by atoms with E-state index in [0.29, 0.717) is 18.9 Å². The lowest BCUT2D eigenvalue weighted by Crippen LogP contribution is -2.38. The molecule has 0 spiro atoms. The van der Waals surface area contributed by atoms with Gasteiger partial charge in [-0.05, 0) is 12.1 Å². The molecule has 0 unspecified atom stereocenters. The van der Waals surface area contributed by atoms with Crippen LogP contribution < -0.4 is 4.74 Å². The quantitative estimate of drug-likeness (QED) is 0.472. The zero-order valence-corrected chi connectivity index (χ0v) is 12.1. The summed E-state index contributed by atoms with van der Waals surface area (Å²) < 4.78 is 5.57. The maximum atomic E-state index is 11.6. The number of ether oxygens (including phenoxy) is 1. The summed E-state index contributed by atoms with van der Waals surface area (Å²) in [6.07, 6.45) is 0. The average Bonchev–Trinajstić information content (AvgIpc) is 2.93. The van der Waals surface area contributed by atoms with Gasteiger partial charge in [0.25, 0.3) is 5.69 Å². The number of alkyl halides is 1. The van der Waals surface area contributed by atoms with E-state index < -0.39 is 4.92 Å². The fourth-order valence-corrected chi connectivity index (χ4v) is 3.15. The van der Waals surface area contributed by atoms with Gasteiger partial charge in [0.1, 0.15) is 23.6 Å². The SMILES string of the molecule is O=C(CCl)N1CCS[C@H]1COc1ccc([N+](=O)[O-])cc1. The van der Waals surface area contributed by atoms with Crippen LogP contribution >= 0.6 is 23.4 Å². The number of nitro groups is 1. The molecular formula is C12H13ClN2O4S. The van der Waals surface area contributed by atoms with Gasteiger partial charge in [0.2, 0.25) is 5.91 Å². The van der Waals surface area contributed by atoms with Crippen LogP contribution in [0, 0.1) is 10.1 Å². The maximum Gasteiger partial charge on any atom is 0.269 e. The van der Waals surface area contributed by atoms with Crippen LogP contribution in [0.4, 0.5) is 5.69 Å². The predicted molar refractivity (Wildman–Crippen MR) is 77.3 cm³/mol. The van der Waals surface area contributed by atoms with Crippen molar-refractivity contribution >= 4 is 35.0 Å². The molecule has 1 heterocycles. The van der Waals surface area contributed by atoms with Crippen LogP contribution in [-0.4, -0.2) is 45.9 Å². The normalized spacial score (nSPS) is 18.1. The summed E-state index contributed by atoms with van der Waals surface area (Å²) in [7, 11) is 0. The second-order valence-electron chi connectivity index (χ2n) is 4.11. The number of nitro benzene ring substituents is 1. The molecule has 1 aliphatic rings. The van der Waals surface area contributed by atoms with Crippen molar-refractivity contribution in [2.75, 3.05) is 24.8 Å². The predicted octanol–water partition coefficient (Wildman–Crippen LogP) is 2.11. The molecule has 0 aromatic heterocycles. The molecule has 108 valence electrons. The number of nitrogens with zero attached hydrogens (tertiary/aromatic N) is 2. The van der Waals surface area contributed by atoms with E-state index in [1.807, 2.05) is 0 Å². The Labute approximate surface area is 125 Å². The highest BCUT2D eigenvalue weighted by molar-refractivity contribution is 8.00. The second-order valence-corrected chi connectivity index (χ2v) is 5.66. The molecular weight excluding hydrogens is 304 g/mol. The van der Waals surface area contributed by atoms with Crippen molar-refractivity contribution in [2.45, 2.75) is 5.37 Å². The molecule has 1 saturated heterocycles. The first-order chi connectivity index (χ1) is 9.61. The molecule has 0 saturated carbocycles. The molecule has 0 radical (unpaired) electrons. The number of hydrogen-bond donors (Lipinski definition) is 0. The zero-order valence-electron chi connectivity index (χ0n) is 10.5. The van der Waals surface area contributed by atoms with Gasteiger partial charge in [-0.15, -0.1) is 23.4 Å². The lowest BCUT2D eigenvalue weighted by atomic mass is 10.3. The first-order valence-corrected chi connectivity index (χ1v) is 7.54. The average molecular weight is 317 g/mol. The number of rotatable bonds is 5. The van der Waals surface area contributed by atoms with Crippen molar-refractivity contribution in [3.8, 4) is 5.75 Å². The fourth-order valence-electron chi connectivity index (χ4n) is 1.85. The topological polar surface area (TPSA) is 72.7 Å². The number of hydrogen-bond acceptors (Lipinski definition) is 5. The Hall–Kier alpha value is -1.47. The smallest absolute Gasteiger partial charge is 0.269 e. The van der Waals surface area contributed by atoms with Crippen LogP contribution in [0.2, 0.25) is 0 Å². The van der Waals surface area contributed by atoms with E-state index in [0.717, 1.165) is 5.75 Å². The zero-order chi connectivity index (χ0) is 14.5. The minimum Gasteiger partial charge on any atom is -0.491 e. The third-order valence-electron chi connectivity index (χ3n) is 2.86. The van der Waals surface area contributed by atoms with Crippen molar-refractivity contribution in [3.05, 3.63) is 34.4 Å². The minimum absolute atomic E-state index is 0.0199. The summed E-state index contributed by atoms with van der Waals surface area (Å²) in [4.78, 5) is 23.4. The van der Waals surface area contributed by atoms with Gasteiger partial charge in [-0.3, -0.25) is 14.9 Å². The maximum absolute atomic E-state index is 11.6. The first kappa shape index (κ1) is 14.9. The standard InChI is InChI=1S/C12H13ClN2O4S/c13-7-11(16)14-5-6-20-12(14)8-19-10-3-1-9(2-4-10)15(17)18/h1-4,12H,5-8H2/t12-/m0/s1. The van der Waals surface area contributed by atoms with Crippen molar-refractivity contribution < 1.29 is 14.5 Å². The van der Waals surface area contributed by atoms with Gasteiger partial charge in [0.15, 0.2) is 0 Å². The molecule has 20 heavy (non-hydrogen) atoms. The van der Waals surface area contributed by atoms with Crippen molar-refractivity contribution in [1.82, 2.24) is 4.90 Å². The van der Waals surface area contributed by atoms with Crippen LogP contribution in [0.25, 0.3) is 0 Å². The van der Waals surface area contributed by atoms with Gasteiger partial charge >= 0.3 is 0 Å². The molecule has 2 rings (SSSR count). The Morgan fingerprint density at radius 3 is 2.80 bits per heavy atom. The van der Waals surface area contributed by atoms with Crippen LogP contribution in [0.1, 0.15) is 0 Å². The third-order valence-corrected chi connectivity index (χ3v) is 4.29. The van der Waals surface area contributed by atoms with E-state index in [4.69, 9.17) is 16.3 Å². The second kappa shape index (κ2) is 6.81. The van der Waals surface area contributed by atoms with E-state index in [1.54, 1.807) is 28.8 Å². The van der Waals surface area contributed by atoms with Gasteiger partial charge in [-0.2, -0.15) is 0 Å².